The van der Waals surface area contributed by atoms with Crippen LogP contribution in [0, 0.1) is 5.82 Å². The maximum atomic E-state index is 13.2. The molecule has 1 amide bonds. The number of carbonyl (C=O) groups excluding carboxylic acids is 1. The van der Waals surface area contributed by atoms with Crippen molar-refractivity contribution in [2.24, 2.45) is 0 Å². The van der Waals surface area contributed by atoms with Crippen molar-refractivity contribution >= 4 is 5.91 Å². The molecule has 110 valence electrons. The third-order valence-corrected chi connectivity index (χ3v) is 3.24. The zero-order valence-electron chi connectivity index (χ0n) is 11.7. The van der Waals surface area contributed by atoms with Crippen molar-refractivity contribution in [2.75, 3.05) is 19.7 Å². The molecular formula is C17H18FNO2. The average Bonchev–Trinajstić information content (AvgIpc) is 2.52. The zero-order valence-corrected chi connectivity index (χ0v) is 11.7. The van der Waals surface area contributed by atoms with Crippen LogP contribution in [-0.4, -0.2) is 35.6 Å². The van der Waals surface area contributed by atoms with Crippen molar-refractivity contribution in [2.45, 2.75) is 6.42 Å². The van der Waals surface area contributed by atoms with Crippen LogP contribution >= 0.6 is 0 Å². The van der Waals surface area contributed by atoms with Gasteiger partial charge in [-0.3, -0.25) is 4.79 Å². The van der Waals surface area contributed by atoms with E-state index >= 15 is 0 Å². The fourth-order valence-corrected chi connectivity index (χ4v) is 2.15. The van der Waals surface area contributed by atoms with E-state index in [4.69, 9.17) is 5.11 Å². The van der Waals surface area contributed by atoms with E-state index in [1.165, 1.54) is 18.2 Å². The van der Waals surface area contributed by atoms with Crippen LogP contribution in [0.25, 0.3) is 0 Å². The summed E-state index contributed by atoms with van der Waals surface area (Å²) in [6.45, 7) is 0.609. The standard InChI is InChI=1S/C17H18FNO2/c18-16-8-4-7-15(13-16)17(21)19(11-12-20)10-9-14-5-2-1-3-6-14/h1-8,13,20H,9-12H2. The number of hydrogen-bond donors (Lipinski definition) is 1. The summed E-state index contributed by atoms with van der Waals surface area (Å²) < 4.78 is 13.2. The molecule has 0 fully saturated rings. The van der Waals surface area contributed by atoms with Crippen LogP contribution < -0.4 is 0 Å². The van der Waals surface area contributed by atoms with Gasteiger partial charge in [0.05, 0.1) is 6.61 Å². The van der Waals surface area contributed by atoms with E-state index in [0.29, 0.717) is 18.5 Å². The Kier molecular flexibility index (Phi) is 5.46. The summed E-state index contributed by atoms with van der Waals surface area (Å²) >= 11 is 0. The van der Waals surface area contributed by atoms with E-state index < -0.39 is 5.82 Å². The highest BCUT2D eigenvalue weighted by Crippen LogP contribution is 2.09. The van der Waals surface area contributed by atoms with Gasteiger partial charge in [-0.1, -0.05) is 36.4 Å². The van der Waals surface area contributed by atoms with E-state index in [-0.39, 0.29) is 19.1 Å². The minimum absolute atomic E-state index is 0.115. The number of benzene rings is 2. The molecule has 0 saturated heterocycles. The second-order valence-electron chi connectivity index (χ2n) is 4.76. The zero-order chi connectivity index (χ0) is 15.1. The van der Waals surface area contributed by atoms with E-state index in [2.05, 4.69) is 0 Å². The van der Waals surface area contributed by atoms with Crippen LogP contribution in [0.4, 0.5) is 4.39 Å². The summed E-state index contributed by atoms with van der Waals surface area (Å²) in [5, 5.41) is 9.12. The van der Waals surface area contributed by atoms with Gasteiger partial charge in [-0.05, 0) is 30.2 Å². The van der Waals surface area contributed by atoms with E-state index in [0.717, 1.165) is 5.56 Å². The molecule has 0 atom stereocenters. The molecule has 1 N–H and O–H groups in total. The van der Waals surface area contributed by atoms with Gasteiger partial charge in [0.25, 0.3) is 5.91 Å². The number of amides is 1. The van der Waals surface area contributed by atoms with Gasteiger partial charge in [0.1, 0.15) is 5.82 Å². The van der Waals surface area contributed by atoms with E-state index in [1.54, 1.807) is 11.0 Å². The smallest absolute Gasteiger partial charge is 0.254 e. The molecule has 2 rings (SSSR count). The maximum Gasteiger partial charge on any atom is 0.254 e. The maximum absolute atomic E-state index is 13.2. The molecule has 0 aliphatic heterocycles. The molecule has 0 radical (unpaired) electrons. The SMILES string of the molecule is O=C(c1cccc(F)c1)N(CCO)CCc1ccccc1. The van der Waals surface area contributed by atoms with Crippen molar-refractivity contribution in [3.8, 4) is 0 Å². The molecule has 0 bridgehead atoms. The number of carbonyl (C=O) groups is 1. The van der Waals surface area contributed by atoms with Gasteiger partial charge < -0.3 is 10.0 Å². The molecule has 0 heterocycles. The molecule has 0 aromatic heterocycles. The minimum atomic E-state index is -0.437. The monoisotopic (exact) mass is 287 g/mol. The summed E-state index contributed by atoms with van der Waals surface area (Å²) in [6, 6.07) is 15.4. The first-order chi connectivity index (χ1) is 10.2. The molecular weight excluding hydrogens is 269 g/mol. The number of hydrogen-bond acceptors (Lipinski definition) is 2. The second kappa shape index (κ2) is 7.55. The molecule has 21 heavy (non-hydrogen) atoms. The lowest BCUT2D eigenvalue weighted by Crippen LogP contribution is -2.35. The summed E-state index contributed by atoms with van der Waals surface area (Å²) in [7, 11) is 0. The molecule has 2 aromatic rings. The van der Waals surface area contributed by atoms with E-state index in [9.17, 15) is 9.18 Å². The first-order valence-electron chi connectivity index (χ1n) is 6.90. The molecule has 3 nitrogen and oxygen atoms in total. The van der Waals surface area contributed by atoms with Crippen molar-refractivity contribution in [1.82, 2.24) is 4.90 Å². The van der Waals surface area contributed by atoms with Crippen LogP contribution in [0.5, 0.6) is 0 Å². The van der Waals surface area contributed by atoms with Crippen LogP contribution in [-0.2, 0) is 6.42 Å². The first-order valence-corrected chi connectivity index (χ1v) is 6.90. The van der Waals surface area contributed by atoms with Crippen molar-refractivity contribution in [1.29, 1.82) is 0 Å². The highest BCUT2D eigenvalue weighted by atomic mass is 19.1. The Morgan fingerprint density at radius 2 is 1.81 bits per heavy atom. The lowest BCUT2D eigenvalue weighted by molar-refractivity contribution is 0.0723. The number of aliphatic hydroxyl groups is 1. The first kappa shape index (κ1) is 15.2. The van der Waals surface area contributed by atoms with Gasteiger partial charge in [-0.25, -0.2) is 4.39 Å². The van der Waals surface area contributed by atoms with Crippen molar-refractivity contribution in [3.05, 3.63) is 71.5 Å². The van der Waals surface area contributed by atoms with Crippen LogP contribution in [0.3, 0.4) is 0 Å². The van der Waals surface area contributed by atoms with Gasteiger partial charge in [-0.2, -0.15) is 0 Å². The topological polar surface area (TPSA) is 40.5 Å². The number of halogens is 1. The van der Waals surface area contributed by atoms with Crippen molar-refractivity contribution in [3.63, 3.8) is 0 Å². The van der Waals surface area contributed by atoms with E-state index in [1.807, 2.05) is 30.3 Å². The molecule has 0 aliphatic carbocycles. The highest BCUT2D eigenvalue weighted by molar-refractivity contribution is 5.94. The fraction of sp³-hybridized carbons (Fsp3) is 0.235. The van der Waals surface area contributed by atoms with Gasteiger partial charge in [0.2, 0.25) is 0 Å². The lowest BCUT2D eigenvalue weighted by Gasteiger charge is -2.22. The van der Waals surface area contributed by atoms with Gasteiger partial charge >= 0.3 is 0 Å². The quantitative estimate of drug-likeness (QED) is 0.887. The molecule has 4 heteroatoms. The Bertz CT molecular complexity index is 586. The molecule has 2 aromatic carbocycles. The normalized spacial score (nSPS) is 10.4. The third-order valence-electron chi connectivity index (χ3n) is 3.24. The second-order valence-corrected chi connectivity index (χ2v) is 4.76. The van der Waals surface area contributed by atoms with Gasteiger partial charge in [0.15, 0.2) is 0 Å². The Labute approximate surface area is 123 Å². The molecule has 0 saturated carbocycles. The third kappa shape index (κ3) is 4.39. The molecule has 0 aliphatic rings. The lowest BCUT2D eigenvalue weighted by atomic mass is 10.1. The summed E-state index contributed by atoms with van der Waals surface area (Å²) in [4.78, 5) is 13.9. The van der Waals surface area contributed by atoms with Crippen LogP contribution in [0.15, 0.2) is 54.6 Å². The minimum Gasteiger partial charge on any atom is -0.395 e. The predicted molar refractivity (Wildman–Crippen MR) is 79.5 cm³/mol. The summed E-state index contributed by atoms with van der Waals surface area (Å²) in [5.74, 6) is -0.702. The van der Waals surface area contributed by atoms with Gasteiger partial charge in [-0.15, -0.1) is 0 Å². The number of nitrogens with zero attached hydrogens (tertiary/aromatic N) is 1. The van der Waals surface area contributed by atoms with Crippen molar-refractivity contribution < 1.29 is 14.3 Å². The van der Waals surface area contributed by atoms with Crippen LogP contribution in [0.1, 0.15) is 15.9 Å². The van der Waals surface area contributed by atoms with Gasteiger partial charge in [0, 0.05) is 18.7 Å². The fourth-order valence-electron chi connectivity index (χ4n) is 2.15. The molecule has 0 unspecified atom stereocenters. The average molecular weight is 287 g/mol. The largest absolute Gasteiger partial charge is 0.395 e. The number of rotatable bonds is 6. The predicted octanol–water partition coefficient (Wildman–Crippen LogP) is 2.50. The van der Waals surface area contributed by atoms with Crippen LogP contribution in [0.2, 0.25) is 0 Å². The Morgan fingerprint density at radius 3 is 2.48 bits per heavy atom. The summed E-state index contributed by atoms with van der Waals surface area (Å²) in [6.07, 6.45) is 0.696. The highest BCUT2D eigenvalue weighted by Gasteiger charge is 2.15. The Balaban J connectivity index is 2.06. The number of aliphatic hydroxyl groups excluding tert-OH is 1. The Morgan fingerprint density at radius 1 is 1.05 bits per heavy atom. The molecule has 0 spiro atoms. The Hall–Kier alpha value is -2.20. The summed E-state index contributed by atoms with van der Waals surface area (Å²) in [5.41, 5.74) is 1.42.